The van der Waals surface area contributed by atoms with Gasteiger partial charge in [0.25, 0.3) is 0 Å². The SMILES string of the molecule is NS(=O)(=O)Oc1cncc(NC(=O)[C@@H]2CCc3ccccc32)c1. The molecule has 1 amide bonds. The van der Waals surface area contributed by atoms with Crippen LogP contribution in [0.3, 0.4) is 0 Å². The maximum atomic E-state index is 12.5. The van der Waals surface area contributed by atoms with Crippen molar-refractivity contribution in [1.29, 1.82) is 0 Å². The van der Waals surface area contributed by atoms with Gasteiger partial charge in [-0.1, -0.05) is 24.3 Å². The van der Waals surface area contributed by atoms with E-state index in [1.54, 1.807) is 0 Å². The Morgan fingerprint density at radius 2 is 2.09 bits per heavy atom. The Hall–Kier alpha value is -2.45. The first-order valence-electron chi connectivity index (χ1n) is 6.98. The number of aromatic nitrogens is 1. The molecule has 0 unspecified atom stereocenters. The van der Waals surface area contributed by atoms with Gasteiger partial charge in [0.15, 0.2) is 5.75 Å². The molecule has 1 aromatic heterocycles. The zero-order valence-corrected chi connectivity index (χ0v) is 12.9. The summed E-state index contributed by atoms with van der Waals surface area (Å²) in [6.07, 6.45) is 4.22. The molecule has 0 spiro atoms. The zero-order valence-electron chi connectivity index (χ0n) is 12.1. The van der Waals surface area contributed by atoms with Crippen molar-refractivity contribution in [1.82, 2.24) is 4.98 Å². The van der Waals surface area contributed by atoms with E-state index in [2.05, 4.69) is 14.5 Å². The first-order valence-corrected chi connectivity index (χ1v) is 8.45. The molecule has 1 aliphatic rings. The molecule has 3 N–H and O–H groups in total. The Morgan fingerprint density at radius 3 is 2.87 bits per heavy atom. The number of aryl methyl sites for hydroxylation is 1. The van der Waals surface area contributed by atoms with Gasteiger partial charge in [0.05, 0.1) is 24.0 Å². The lowest BCUT2D eigenvalue weighted by molar-refractivity contribution is -0.117. The number of nitrogens with two attached hydrogens (primary N) is 1. The van der Waals surface area contributed by atoms with Crippen molar-refractivity contribution in [3.8, 4) is 5.75 Å². The second-order valence-electron chi connectivity index (χ2n) is 5.26. The average molecular weight is 333 g/mol. The fourth-order valence-corrected chi connectivity index (χ4v) is 3.09. The third-order valence-corrected chi connectivity index (χ3v) is 4.07. The van der Waals surface area contributed by atoms with Crippen molar-refractivity contribution in [2.75, 3.05) is 5.32 Å². The van der Waals surface area contributed by atoms with Crippen LogP contribution in [0.1, 0.15) is 23.5 Å². The molecule has 1 aliphatic carbocycles. The highest BCUT2D eigenvalue weighted by Crippen LogP contribution is 2.33. The molecular weight excluding hydrogens is 318 g/mol. The predicted octanol–water partition coefficient (Wildman–Crippen LogP) is 1.33. The molecule has 0 saturated carbocycles. The van der Waals surface area contributed by atoms with E-state index in [4.69, 9.17) is 5.14 Å². The Morgan fingerprint density at radius 1 is 1.30 bits per heavy atom. The van der Waals surface area contributed by atoms with E-state index in [0.29, 0.717) is 5.69 Å². The lowest BCUT2D eigenvalue weighted by atomic mass is 10.0. The highest BCUT2D eigenvalue weighted by molar-refractivity contribution is 7.84. The van der Waals surface area contributed by atoms with E-state index in [0.717, 1.165) is 18.4 Å². The second-order valence-corrected chi connectivity index (χ2v) is 6.42. The minimum absolute atomic E-state index is 0.0582. The van der Waals surface area contributed by atoms with Crippen molar-refractivity contribution < 1.29 is 17.4 Å². The van der Waals surface area contributed by atoms with Gasteiger partial charge in [0.1, 0.15) is 0 Å². The molecule has 2 aromatic rings. The largest absolute Gasteiger partial charge is 0.380 e. The maximum absolute atomic E-state index is 12.5. The van der Waals surface area contributed by atoms with Crippen LogP contribution in [0.2, 0.25) is 0 Å². The summed E-state index contributed by atoms with van der Waals surface area (Å²) in [5.74, 6) is -0.448. The van der Waals surface area contributed by atoms with Crippen LogP contribution in [0.25, 0.3) is 0 Å². The number of amides is 1. The van der Waals surface area contributed by atoms with Gasteiger partial charge >= 0.3 is 10.3 Å². The number of nitrogens with zero attached hydrogens (tertiary/aromatic N) is 1. The highest BCUT2D eigenvalue weighted by atomic mass is 32.2. The summed E-state index contributed by atoms with van der Waals surface area (Å²) < 4.78 is 26.4. The van der Waals surface area contributed by atoms with Gasteiger partial charge in [-0.15, -0.1) is 0 Å². The van der Waals surface area contributed by atoms with E-state index < -0.39 is 10.3 Å². The van der Waals surface area contributed by atoms with Crippen LogP contribution in [0.15, 0.2) is 42.7 Å². The number of rotatable bonds is 4. The second kappa shape index (κ2) is 5.98. The molecule has 23 heavy (non-hydrogen) atoms. The van der Waals surface area contributed by atoms with Crippen molar-refractivity contribution >= 4 is 21.9 Å². The van der Waals surface area contributed by atoms with Crippen molar-refractivity contribution in [2.45, 2.75) is 18.8 Å². The molecular formula is C15H15N3O4S. The van der Waals surface area contributed by atoms with Crippen molar-refractivity contribution in [3.05, 3.63) is 53.9 Å². The van der Waals surface area contributed by atoms with Gasteiger partial charge in [-0.2, -0.15) is 13.6 Å². The van der Waals surface area contributed by atoms with E-state index in [1.807, 2.05) is 24.3 Å². The quantitative estimate of drug-likeness (QED) is 0.877. The first kappa shape index (κ1) is 15.4. The summed E-state index contributed by atoms with van der Waals surface area (Å²) in [7, 11) is -4.13. The Labute approximate surface area is 133 Å². The monoisotopic (exact) mass is 333 g/mol. The Kier molecular flexibility index (Phi) is 4.01. The molecule has 3 rings (SSSR count). The molecule has 7 nitrogen and oxygen atoms in total. The van der Waals surface area contributed by atoms with Crippen molar-refractivity contribution in [3.63, 3.8) is 0 Å². The van der Waals surface area contributed by atoms with Crippen LogP contribution < -0.4 is 14.6 Å². The number of carbonyl (C=O) groups excluding carboxylic acids is 1. The van der Waals surface area contributed by atoms with Crippen LogP contribution in [0, 0.1) is 0 Å². The van der Waals surface area contributed by atoms with Gasteiger partial charge in [-0.05, 0) is 24.0 Å². The molecule has 8 heteroatoms. The summed E-state index contributed by atoms with van der Waals surface area (Å²) in [4.78, 5) is 16.3. The van der Waals surface area contributed by atoms with Crippen LogP contribution in [0.4, 0.5) is 5.69 Å². The highest BCUT2D eigenvalue weighted by Gasteiger charge is 2.28. The van der Waals surface area contributed by atoms with Gasteiger partial charge in [-0.3, -0.25) is 9.78 Å². The van der Waals surface area contributed by atoms with Gasteiger partial charge in [0.2, 0.25) is 5.91 Å². The number of pyridine rings is 1. The number of anilines is 1. The molecule has 1 atom stereocenters. The molecule has 1 aromatic carbocycles. The van der Waals surface area contributed by atoms with Gasteiger partial charge in [0, 0.05) is 6.07 Å². The molecule has 0 bridgehead atoms. The average Bonchev–Trinajstić information content (AvgIpc) is 2.89. The lowest BCUT2D eigenvalue weighted by Gasteiger charge is -2.12. The summed E-state index contributed by atoms with van der Waals surface area (Å²) in [6, 6.07) is 9.19. The van der Waals surface area contributed by atoms with Crippen LogP contribution in [-0.2, 0) is 21.5 Å². The van der Waals surface area contributed by atoms with Gasteiger partial charge < -0.3 is 9.50 Å². The fourth-order valence-electron chi connectivity index (χ4n) is 2.73. The number of benzene rings is 1. The molecule has 0 saturated heterocycles. The third-order valence-electron chi connectivity index (χ3n) is 3.64. The first-order chi connectivity index (χ1) is 10.9. The van der Waals surface area contributed by atoms with E-state index >= 15 is 0 Å². The van der Waals surface area contributed by atoms with Crippen LogP contribution in [-0.4, -0.2) is 19.3 Å². The molecule has 0 fully saturated rings. The van der Waals surface area contributed by atoms with Crippen LogP contribution >= 0.6 is 0 Å². The number of carbonyl (C=O) groups is 1. The molecule has 1 heterocycles. The lowest BCUT2D eigenvalue weighted by Crippen LogP contribution is -2.20. The summed E-state index contributed by atoms with van der Waals surface area (Å²) in [5.41, 5.74) is 2.55. The minimum atomic E-state index is -4.13. The zero-order chi connectivity index (χ0) is 16.4. The summed E-state index contributed by atoms with van der Waals surface area (Å²) >= 11 is 0. The minimum Gasteiger partial charge on any atom is -0.369 e. The fraction of sp³-hybridized carbons (Fsp3) is 0.200. The normalized spacial score (nSPS) is 16.7. The number of nitrogens with one attached hydrogen (secondary N) is 1. The maximum Gasteiger partial charge on any atom is 0.380 e. The van der Waals surface area contributed by atoms with E-state index in [9.17, 15) is 13.2 Å². The van der Waals surface area contributed by atoms with Crippen LogP contribution in [0.5, 0.6) is 5.75 Å². The Balaban J connectivity index is 1.75. The number of hydrogen-bond acceptors (Lipinski definition) is 5. The standard InChI is InChI=1S/C15H15N3O4S/c16-23(20,21)22-12-7-11(8-17-9-12)18-15(19)14-6-5-10-3-1-2-4-13(10)14/h1-4,7-9,14H,5-6H2,(H,18,19)(H2,16,20,21)/t14-/m1/s1. The molecule has 0 aliphatic heterocycles. The Bertz CT molecular complexity index is 851. The van der Waals surface area contributed by atoms with E-state index in [-0.39, 0.29) is 17.6 Å². The van der Waals surface area contributed by atoms with E-state index in [1.165, 1.54) is 24.0 Å². The predicted molar refractivity (Wildman–Crippen MR) is 84.1 cm³/mol. The summed E-state index contributed by atoms with van der Waals surface area (Å²) in [6.45, 7) is 0. The van der Waals surface area contributed by atoms with Crippen molar-refractivity contribution in [2.24, 2.45) is 5.14 Å². The third kappa shape index (κ3) is 3.66. The molecule has 120 valence electrons. The van der Waals surface area contributed by atoms with Gasteiger partial charge in [-0.25, -0.2) is 0 Å². The number of fused-ring (bicyclic) bond motifs is 1. The summed E-state index contributed by atoms with van der Waals surface area (Å²) in [5, 5.41) is 7.54. The topological polar surface area (TPSA) is 111 Å². The smallest absolute Gasteiger partial charge is 0.369 e. The molecule has 0 radical (unpaired) electrons. The number of hydrogen-bond donors (Lipinski definition) is 2.